The largest absolute Gasteiger partial charge is 0.376 e. The van der Waals surface area contributed by atoms with E-state index in [2.05, 4.69) is 11.4 Å². The number of rotatable bonds is 5. The predicted molar refractivity (Wildman–Crippen MR) is 94.9 cm³/mol. The Morgan fingerprint density at radius 2 is 2.09 bits per heavy atom. The number of nitrogens with zero attached hydrogens (tertiary/aromatic N) is 1. The minimum Gasteiger partial charge on any atom is -0.376 e. The molecule has 3 nitrogen and oxygen atoms in total. The van der Waals surface area contributed by atoms with E-state index in [0.717, 1.165) is 30.6 Å². The fourth-order valence-electron chi connectivity index (χ4n) is 2.96. The van der Waals surface area contributed by atoms with Crippen LogP contribution in [0.2, 0.25) is 0 Å². The molecule has 1 fully saturated rings. The number of hydrogen-bond donors (Lipinski definition) is 0. The van der Waals surface area contributed by atoms with Crippen molar-refractivity contribution in [2.24, 2.45) is 0 Å². The fourth-order valence-corrected chi connectivity index (χ4v) is 3.69. The van der Waals surface area contributed by atoms with E-state index in [1.807, 2.05) is 42.2 Å². The van der Waals surface area contributed by atoms with E-state index in [1.54, 1.807) is 11.3 Å². The van der Waals surface area contributed by atoms with E-state index in [-0.39, 0.29) is 12.0 Å². The average Bonchev–Trinajstić information content (AvgIpc) is 3.15. The third-order valence-corrected chi connectivity index (χ3v) is 5.22. The molecule has 122 valence electrons. The Morgan fingerprint density at radius 3 is 2.70 bits per heavy atom. The minimum absolute atomic E-state index is 0.0967. The van der Waals surface area contributed by atoms with Gasteiger partial charge in [-0.1, -0.05) is 18.2 Å². The third-order valence-electron chi connectivity index (χ3n) is 4.30. The summed E-state index contributed by atoms with van der Waals surface area (Å²) in [7, 11) is 0. The summed E-state index contributed by atoms with van der Waals surface area (Å²) in [5.74, 6) is 0.0967. The van der Waals surface area contributed by atoms with Crippen molar-refractivity contribution in [1.29, 1.82) is 0 Å². The normalized spacial score (nSPS) is 17.9. The Labute approximate surface area is 141 Å². The van der Waals surface area contributed by atoms with E-state index < -0.39 is 0 Å². The summed E-state index contributed by atoms with van der Waals surface area (Å²) >= 11 is 1.71. The first kappa shape index (κ1) is 16.2. The van der Waals surface area contributed by atoms with Crippen molar-refractivity contribution in [3.8, 4) is 10.4 Å². The summed E-state index contributed by atoms with van der Waals surface area (Å²) in [6.45, 7) is 4.26. The van der Waals surface area contributed by atoms with E-state index >= 15 is 0 Å². The molecule has 0 spiro atoms. The van der Waals surface area contributed by atoms with Crippen molar-refractivity contribution in [3.05, 3.63) is 47.3 Å². The number of thiophene rings is 1. The monoisotopic (exact) mass is 329 g/mol. The van der Waals surface area contributed by atoms with Gasteiger partial charge in [0, 0.05) is 30.1 Å². The maximum absolute atomic E-state index is 12.7. The number of benzene rings is 1. The first-order chi connectivity index (χ1) is 11.3. The topological polar surface area (TPSA) is 29.5 Å². The van der Waals surface area contributed by atoms with Crippen LogP contribution in [0.4, 0.5) is 0 Å². The Balaban J connectivity index is 1.67. The number of likely N-dealkylation sites (N-methyl/N-ethyl adjacent to an activating group) is 1. The molecule has 1 aromatic heterocycles. The molecule has 1 amide bonds. The number of hydrogen-bond acceptors (Lipinski definition) is 3. The zero-order valence-corrected chi connectivity index (χ0v) is 14.3. The average molecular weight is 329 g/mol. The molecule has 1 aliphatic rings. The van der Waals surface area contributed by atoms with Crippen molar-refractivity contribution in [2.45, 2.75) is 32.3 Å². The highest BCUT2D eigenvalue weighted by atomic mass is 32.1. The van der Waals surface area contributed by atoms with Crippen LogP contribution >= 0.6 is 11.3 Å². The van der Waals surface area contributed by atoms with Gasteiger partial charge in [0.2, 0.25) is 0 Å². The van der Waals surface area contributed by atoms with Gasteiger partial charge in [0.15, 0.2) is 0 Å². The van der Waals surface area contributed by atoms with Crippen LogP contribution in [0, 0.1) is 0 Å². The minimum atomic E-state index is 0.0967. The summed E-state index contributed by atoms with van der Waals surface area (Å²) in [5.41, 5.74) is 1.91. The Bertz CT molecular complexity index is 615. The summed E-state index contributed by atoms with van der Waals surface area (Å²) in [6.07, 6.45) is 3.59. The molecule has 0 N–H and O–H groups in total. The van der Waals surface area contributed by atoms with E-state index in [1.165, 1.54) is 11.3 Å². The van der Waals surface area contributed by atoms with Gasteiger partial charge in [-0.2, -0.15) is 0 Å². The fraction of sp³-hybridized carbons (Fsp3) is 0.421. The second-order valence-corrected chi connectivity index (χ2v) is 6.83. The second kappa shape index (κ2) is 7.75. The molecule has 0 saturated carbocycles. The molecular weight excluding hydrogens is 306 g/mol. The van der Waals surface area contributed by atoms with Gasteiger partial charge in [0.05, 0.1) is 6.10 Å². The smallest absolute Gasteiger partial charge is 0.253 e. The number of amides is 1. The van der Waals surface area contributed by atoms with Gasteiger partial charge < -0.3 is 9.64 Å². The lowest BCUT2D eigenvalue weighted by Crippen LogP contribution is -2.39. The van der Waals surface area contributed by atoms with Crippen molar-refractivity contribution >= 4 is 17.2 Å². The number of carbonyl (C=O) groups excluding carboxylic acids is 1. The highest BCUT2D eigenvalue weighted by Gasteiger charge is 2.21. The van der Waals surface area contributed by atoms with Crippen LogP contribution in [0.5, 0.6) is 0 Å². The Hall–Kier alpha value is -1.65. The van der Waals surface area contributed by atoms with Crippen LogP contribution in [-0.4, -0.2) is 36.6 Å². The molecule has 0 bridgehead atoms. The first-order valence-electron chi connectivity index (χ1n) is 8.32. The maximum Gasteiger partial charge on any atom is 0.253 e. The Kier molecular flexibility index (Phi) is 5.47. The highest BCUT2D eigenvalue weighted by molar-refractivity contribution is 7.13. The molecule has 1 aliphatic heterocycles. The summed E-state index contributed by atoms with van der Waals surface area (Å²) in [4.78, 5) is 15.8. The molecule has 0 unspecified atom stereocenters. The quantitative estimate of drug-likeness (QED) is 0.811. The van der Waals surface area contributed by atoms with Crippen LogP contribution in [0.15, 0.2) is 41.8 Å². The Morgan fingerprint density at radius 1 is 1.26 bits per heavy atom. The lowest BCUT2D eigenvalue weighted by Gasteiger charge is -2.29. The molecule has 2 aromatic rings. The van der Waals surface area contributed by atoms with Crippen LogP contribution in [0.25, 0.3) is 10.4 Å². The summed E-state index contributed by atoms with van der Waals surface area (Å²) in [6, 6.07) is 12.1. The van der Waals surface area contributed by atoms with E-state index in [0.29, 0.717) is 13.1 Å². The maximum atomic E-state index is 12.7. The molecule has 4 heteroatoms. The highest BCUT2D eigenvalue weighted by Crippen LogP contribution is 2.25. The van der Waals surface area contributed by atoms with Crippen molar-refractivity contribution < 1.29 is 9.53 Å². The van der Waals surface area contributed by atoms with Gasteiger partial charge in [-0.15, -0.1) is 11.3 Å². The molecule has 1 aromatic carbocycles. The van der Waals surface area contributed by atoms with Gasteiger partial charge >= 0.3 is 0 Å². The van der Waals surface area contributed by atoms with Gasteiger partial charge in [-0.05, 0) is 55.3 Å². The van der Waals surface area contributed by atoms with Gasteiger partial charge in [0.25, 0.3) is 5.91 Å². The lowest BCUT2D eigenvalue weighted by molar-refractivity contribution is -0.00311. The molecule has 0 radical (unpaired) electrons. The molecule has 3 rings (SSSR count). The third kappa shape index (κ3) is 4.01. The molecule has 0 aliphatic carbocycles. The first-order valence-corrected chi connectivity index (χ1v) is 9.20. The molecule has 2 heterocycles. The lowest BCUT2D eigenvalue weighted by atomic mass is 10.1. The zero-order valence-electron chi connectivity index (χ0n) is 13.5. The van der Waals surface area contributed by atoms with Crippen LogP contribution in [0.3, 0.4) is 0 Å². The zero-order chi connectivity index (χ0) is 16.1. The molecule has 23 heavy (non-hydrogen) atoms. The second-order valence-electron chi connectivity index (χ2n) is 5.89. The SMILES string of the molecule is CCN(C[C@H]1CCCCO1)C(=O)c1ccc(-c2cccs2)cc1. The molecule has 1 atom stereocenters. The molecular formula is C19H23NO2S. The molecule has 1 saturated heterocycles. The predicted octanol–water partition coefficient (Wildman–Crippen LogP) is 4.45. The standard InChI is InChI=1S/C19H23NO2S/c1-2-20(14-17-6-3-4-12-22-17)19(21)16-10-8-15(9-11-16)18-7-5-13-23-18/h5,7-11,13,17H,2-4,6,12,14H2,1H3/t17-/m1/s1. The van der Waals surface area contributed by atoms with Crippen LogP contribution in [-0.2, 0) is 4.74 Å². The van der Waals surface area contributed by atoms with E-state index in [9.17, 15) is 4.79 Å². The van der Waals surface area contributed by atoms with Crippen molar-refractivity contribution in [2.75, 3.05) is 19.7 Å². The van der Waals surface area contributed by atoms with Crippen molar-refractivity contribution in [1.82, 2.24) is 4.90 Å². The van der Waals surface area contributed by atoms with Gasteiger partial charge in [-0.3, -0.25) is 4.79 Å². The van der Waals surface area contributed by atoms with Gasteiger partial charge in [0.1, 0.15) is 0 Å². The summed E-state index contributed by atoms with van der Waals surface area (Å²) < 4.78 is 5.77. The van der Waals surface area contributed by atoms with Crippen LogP contribution < -0.4 is 0 Å². The number of ether oxygens (including phenoxy) is 1. The van der Waals surface area contributed by atoms with Gasteiger partial charge in [-0.25, -0.2) is 0 Å². The van der Waals surface area contributed by atoms with Crippen molar-refractivity contribution in [3.63, 3.8) is 0 Å². The van der Waals surface area contributed by atoms with E-state index in [4.69, 9.17) is 4.74 Å². The summed E-state index contributed by atoms with van der Waals surface area (Å²) in [5, 5.41) is 2.07. The van der Waals surface area contributed by atoms with Crippen LogP contribution in [0.1, 0.15) is 36.5 Å². The number of carbonyl (C=O) groups is 1.